The maximum atomic E-state index is 13.1. The third-order valence-electron chi connectivity index (χ3n) is 4.24. The molecule has 0 saturated heterocycles. The number of halogens is 4. The molecule has 1 heterocycles. The number of nitrogens with zero attached hydrogens (tertiary/aromatic N) is 2. The van der Waals surface area contributed by atoms with Crippen molar-refractivity contribution in [1.82, 2.24) is 4.57 Å². The zero-order chi connectivity index (χ0) is 22.1. The number of carbonyl (C=O) groups excluding carboxylic acids is 2. The summed E-state index contributed by atoms with van der Waals surface area (Å²) in [6.07, 6.45) is -4.52. The minimum absolute atomic E-state index is 0.0786. The van der Waals surface area contributed by atoms with Crippen LogP contribution in [0, 0.1) is 0 Å². The molecule has 0 radical (unpaired) electrons. The first-order chi connectivity index (χ1) is 14.1. The molecule has 0 spiro atoms. The molecule has 0 bridgehead atoms. The number of carbonyl (C=O) groups is 2. The van der Waals surface area contributed by atoms with Crippen LogP contribution in [0.15, 0.2) is 47.5 Å². The fourth-order valence-corrected chi connectivity index (χ4v) is 4.14. The van der Waals surface area contributed by atoms with Gasteiger partial charge in [0.05, 0.1) is 22.4 Å². The number of amides is 1. The van der Waals surface area contributed by atoms with Crippen molar-refractivity contribution in [3.05, 3.63) is 63.4 Å². The lowest BCUT2D eigenvalue weighted by Crippen LogP contribution is -2.27. The molecular formula is C20H16ClF3N2O3S. The van der Waals surface area contributed by atoms with E-state index in [4.69, 9.17) is 16.3 Å². The van der Waals surface area contributed by atoms with Gasteiger partial charge in [-0.3, -0.25) is 4.79 Å². The summed E-state index contributed by atoms with van der Waals surface area (Å²) in [7, 11) is 0. The van der Waals surface area contributed by atoms with Gasteiger partial charge >= 0.3 is 12.1 Å². The van der Waals surface area contributed by atoms with Crippen molar-refractivity contribution in [3.63, 3.8) is 0 Å². The van der Waals surface area contributed by atoms with E-state index in [1.54, 1.807) is 19.1 Å². The van der Waals surface area contributed by atoms with Gasteiger partial charge in [-0.25, -0.2) is 4.79 Å². The molecule has 1 amide bonds. The topological polar surface area (TPSA) is 60.7 Å². The van der Waals surface area contributed by atoms with Gasteiger partial charge in [0.15, 0.2) is 4.80 Å². The smallest absolute Gasteiger partial charge is 0.416 e. The lowest BCUT2D eigenvalue weighted by Gasteiger charge is -2.14. The molecule has 0 aliphatic carbocycles. The van der Waals surface area contributed by atoms with E-state index >= 15 is 0 Å². The van der Waals surface area contributed by atoms with Gasteiger partial charge in [-0.15, -0.1) is 0 Å². The van der Waals surface area contributed by atoms with Crippen LogP contribution >= 0.6 is 22.9 Å². The Hall–Kier alpha value is -2.65. The van der Waals surface area contributed by atoms with Crippen LogP contribution < -0.4 is 4.80 Å². The van der Waals surface area contributed by atoms with Crippen LogP contribution in [0.1, 0.15) is 35.8 Å². The lowest BCUT2D eigenvalue weighted by atomic mass is 10.2. The molecule has 3 rings (SSSR count). The molecule has 158 valence electrons. The van der Waals surface area contributed by atoms with Gasteiger partial charge < -0.3 is 9.30 Å². The van der Waals surface area contributed by atoms with Crippen molar-refractivity contribution in [2.45, 2.75) is 26.1 Å². The summed E-state index contributed by atoms with van der Waals surface area (Å²) in [5, 5.41) is 0.343. The van der Waals surface area contributed by atoms with Gasteiger partial charge in [0.25, 0.3) is 5.91 Å². The fraction of sp³-hybridized carbons (Fsp3) is 0.250. The number of benzene rings is 2. The Morgan fingerprint density at radius 3 is 2.60 bits per heavy atom. The molecule has 1 aromatic heterocycles. The van der Waals surface area contributed by atoms with E-state index in [1.807, 2.05) is 0 Å². The predicted octanol–water partition coefficient (Wildman–Crippen LogP) is 5.24. The second kappa shape index (κ2) is 8.61. The van der Waals surface area contributed by atoms with Gasteiger partial charge in [0.2, 0.25) is 0 Å². The van der Waals surface area contributed by atoms with Crippen LogP contribution in [-0.2, 0) is 15.7 Å². The largest absolute Gasteiger partial charge is 0.464 e. The average Bonchev–Trinajstić information content (AvgIpc) is 3.03. The Balaban J connectivity index is 2.21. The quantitative estimate of drug-likeness (QED) is 0.504. The van der Waals surface area contributed by atoms with Crippen molar-refractivity contribution in [3.8, 4) is 0 Å². The molecule has 0 aliphatic rings. The normalized spacial score (nSPS) is 13.5. The summed E-state index contributed by atoms with van der Waals surface area (Å²) < 4.78 is 46.0. The zero-order valence-corrected chi connectivity index (χ0v) is 17.4. The third kappa shape index (κ3) is 4.57. The standard InChI is InChI=1S/C20H16ClF3N2O3S/c1-3-29-18(28)11(2)26-15-8-7-13(20(22,23)24)10-16(15)30-19(26)25-17(27)12-5-4-6-14(21)9-12/h4-11H,3H2,1-2H3. The van der Waals surface area contributed by atoms with Crippen LogP contribution in [0.4, 0.5) is 13.2 Å². The van der Waals surface area contributed by atoms with Crippen molar-refractivity contribution < 1.29 is 27.5 Å². The van der Waals surface area contributed by atoms with Crippen molar-refractivity contribution in [1.29, 1.82) is 0 Å². The molecular weight excluding hydrogens is 441 g/mol. The number of hydrogen-bond donors (Lipinski definition) is 0. The second-order valence-corrected chi connectivity index (χ2v) is 7.74. The summed E-state index contributed by atoms with van der Waals surface area (Å²) in [5.74, 6) is -1.22. The Morgan fingerprint density at radius 2 is 1.97 bits per heavy atom. The number of esters is 1. The van der Waals surface area contributed by atoms with E-state index in [0.717, 1.165) is 23.5 Å². The van der Waals surface area contributed by atoms with Gasteiger partial charge in [-0.05, 0) is 50.2 Å². The van der Waals surface area contributed by atoms with Crippen LogP contribution in [-0.4, -0.2) is 23.1 Å². The molecule has 3 aromatic rings. The molecule has 0 N–H and O–H groups in total. The fourth-order valence-electron chi connectivity index (χ4n) is 2.81. The van der Waals surface area contributed by atoms with E-state index in [0.29, 0.717) is 10.5 Å². The highest BCUT2D eigenvalue weighted by atomic mass is 35.5. The minimum Gasteiger partial charge on any atom is -0.464 e. The van der Waals surface area contributed by atoms with Crippen molar-refractivity contribution in [2.24, 2.45) is 4.99 Å². The summed E-state index contributed by atoms with van der Waals surface area (Å²) >= 11 is 6.79. The summed E-state index contributed by atoms with van der Waals surface area (Å²) in [4.78, 5) is 29.0. The van der Waals surface area contributed by atoms with E-state index < -0.39 is 29.7 Å². The van der Waals surface area contributed by atoms with Crippen molar-refractivity contribution >= 4 is 45.0 Å². The number of ether oxygens (including phenoxy) is 1. The number of fused-ring (bicyclic) bond motifs is 1. The Bertz CT molecular complexity index is 1180. The van der Waals surface area contributed by atoms with Gasteiger partial charge in [0, 0.05) is 10.6 Å². The number of rotatable bonds is 4. The highest BCUT2D eigenvalue weighted by Gasteiger charge is 2.31. The molecule has 0 aliphatic heterocycles. The Labute approximate surface area is 178 Å². The van der Waals surface area contributed by atoms with Crippen molar-refractivity contribution in [2.75, 3.05) is 6.61 Å². The summed E-state index contributed by atoms with van der Waals surface area (Å²) in [6.45, 7) is 3.31. The van der Waals surface area contributed by atoms with Crippen LogP contribution in [0.5, 0.6) is 0 Å². The predicted molar refractivity (Wildman–Crippen MR) is 108 cm³/mol. The Kier molecular flexibility index (Phi) is 6.33. The highest BCUT2D eigenvalue weighted by molar-refractivity contribution is 7.16. The molecule has 1 unspecified atom stereocenters. The molecule has 10 heteroatoms. The number of hydrogen-bond acceptors (Lipinski definition) is 4. The van der Waals surface area contributed by atoms with Gasteiger partial charge in [-0.2, -0.15) is 18.2 Å². The van der Waals surface area contributed by atoms with Crippen LogP contribution in [0.2, 0.25) is 5.02 Å². The molecule has 0 saturated carbocycles. The summed E-state index contributed by atoms with van der Waals surface area (Å²) in [5.41, 5.74) is -0.280. The molecule has 2 aromatic carbocycles. The highest BCUT2D eigenvalue weighted by Crippen LogP contribution is 2.33. The van der Waals surface area contributed by atoms with Crippen LogP contribution in [0.25, 0.3) is 10.2 Å². The zero-order valence-electron chi connectivity index (χ0n) is 15.9. The molecule has 30 heavy (non-hydrogen) atoms. The van der Waals surface area contributed by atoms with E-state index in [1.165, 1.54) is 29.7 Å². The van der Waals surface area contributed by atoms with E-state index in [9.17, 15) is 22.8 Å². The third-order valence-corrected chi connectivity index (χ3v) is 5.49. The first-order valence-electron chi connectivity index (χ1n) is 8.85. The van der Waals surface area contributed by atoms with Gasteiger partial charge in [0.1, 0.15) is 6.04 Å². The lowest BCUT2D eigenvalue weighted by molar-refractivity contribution is -0.146. The monoisotopic (exact) mass is 456 g/mol. The van der Waals surface area contributed by atoms with E-state index in [2.05, 4.69) is 4.99 Å². The van der Waals surface area contributed by atoms with E-state index in [-0.39, 0.29) is 21.7 Å². The maximum Gasteiger partial charge on any atom is 0.416 e. The second-order valence-electron chi connectivity index (χ2n) is 6.29. The maximum absolute atomic E-state index is 13.1. The molecule has 5 nitrogen and oxygen atoms in total. The minimum atomic E-state index is -4.52. The SMILES string of the molecule is CCOC(=O)C(C)n1c(=NC(=O)c2cccc(Cl)c2)sc2cc(C(F)(F)F)ccc21. The average molecular weight is 457 g/mol. The number of thiazole rings is 1. The Morgan fingerprint density at radius 1 is 1.23 bits per heavy atom. The molecule has 0 fully saturated rings. The first-order valence-corrected chi connectivity index (χ1v) is 10.0. The first kappa shape index (κ1) is 22.0. The molecule has 1 atom stereocenters. The van der Waals surface area contributed by atoms with Crippen LogP contribution in [0.3, 0.4) is 0 Å². The summed E-state index contributed by atoms with van der Waals surface area (Å²) in [6, 6.07) is 8.38. The number of aromatic nitrogens is 1. The van der Waals surface area contributed by atoms with Gasteiger partial charge in [-0.1, -0.05) is 29.0 Å². The number of alkyl halides is 3.